The van der Waals surface area contributed by atoms with E-state index in [4.69, 9.17) is 4.52 Å². The van der Waals surface area contributed by atoms with Crippen molar-refractivity contribution in [3.05, 3.63) is 34.8 Å². The number of hydrogen-bond donors (Lipinski definition) is 2. The summed E-state index contributed by atoms with van der Waals surface area (Å²) in [5.74, 6) is 2.13. The molecule has 6 nitrogen and oxygen atoms in total. The molecule has 0 radical (unpaired) electrons. The van der Waals surface area contributed by atoms with Crippen molar-refractivity contribution in [1.82, 2.24) is 20.4 Å². The summed E-state index contributed by atoms with van der Waals surface area (Å²) in [6.45, 7) is 8.64. The van der Waals surface area contributed by atoms with E-state index in [9.17, 15) is 4.79 Å². The van der Waals surface area contributed by atoms with Crippen LogP contribution in [0.5, 0.6) is 0 Å². The van der Waals surface area contributed by atoms with E-state index in [1.165, 1.54) is 6.42 Å². The molecule has 0 spiro atoms. The molecular weight excluding hydrogens is 328 g/mol. The number of hydrogen-bond acceptors (Lipinski definition) is 4. The monoisotopic (exact) mass is 352 g/mol. The number of aryl methyl sites for hydroxylation is 2. The van der Waals surface area contributed by atoms with Crippen LogP contribution in [0.3, 0.4) is 0 Å². The standard InChI is InChI=1S/C17H24N4O2.ClH/c1-11-8-15(13(3)21(11)16-9-12(2)23-20-16)17(22)19-7-5-14-4-6-18-10-14;/h8-9,14,18H,4-7,10H2,1-3H3,(H,19,22);1H. The number of aromatic nitrogens is 2. The molecule has 7 heteroatoms. The predicted molar refractivity (Wildman–Crippen MR) is 95.2 cm³/mol. The van der Waals surface area contributed by atoms with Crippen LogP contribution in [-0.2, 0) is 0 Å². The van der Waals surface area contributed by atoms with Gasteiger partial charge in [-0.15, -0.1) is 12.4 Å². The largest absolute Gasteiger partial charge is 0.360 e. The van der Waals surface area contributed by atoms with Crippen LogP contribution in [0.1, 0.15) is 40.3 Å². The first-order valence-corrected chi connectivity index (χ1v) is 8.18. The van der Waals surface area contributed by atoms with E-state index in [-0.39, 0.29) is 18.3 Å². The van der Waals surface area contributed by atoms with E-state index < -0.39 is 0 Å². The Bertz CT molecular complexity index is 702. The van der Waals surface area contributed by atoms with Gasteiger partial charge in [0.05, 0.1) is 5.56 Å². The lowest BCUT2D eigenvalue weighted by molar-refractivity contribution is 0.0951. The molecule has 1 amide bonds. The van der Waals surface area contributed by atoms with Gasteiger partial charge in [0.15, 0.2) is 5.82 Å². The quantitative estimate of drug-likeness (QED) is 0.867. The fraction of sp³-hybridized carbons (Fsp3) is 0.529. The molecule has 0 saturated carbocycles. The third-order valence-corrected chi connectivity index (χ3v) is 4.52. The lowest BCUT2D eigenvalue weighted by atomic mass is 10.1. The van der Waals surface area contributed by atoms with Gasteiger partial charge in [-0.3, -0.25) is 9.36 Å². The van der Waals surface area contributed by atoms with Crippen molar-refractivity contribution >= 4 is 18.3 Å². The Morgan fingerprint density at radius 3 is 2.83 bits per heavy atom. The minimum absolute atomic E-state index is 0. The smallest absolute Gasteiger partial charge is 0.253 e. The molecule has 1 fully saturated rings. The topological polar surface area (TPSA) is 72.1 Å². The summed E-state index contributed by atoms with van der Waals surface area (Å²) < 4.78 is 7.09. The highest BCUT2D eigenvalue weighted by molar-refractivity contribution is 5.95. The Labute approximate surface area is 148 Å². The number of rotatable bonds is 5. The SMILES string of the molecule is Cc1cc(-n2c(C)cc(C(=O)NCCC3CCNC3)c2C)no1.Cl. The lowest BCUT2D eigenvalue weighted by Crippen LogP contribution is -2.26. The minimum Gasteiger partial charge on any atom is -0.360 e. The molecule has 132 valence electrons. The van der Waals surface area contributed by atoms with Crippen LogP contribution in [-0.4, -0.2) is 35.3 Å². The van der Waals surface area contributed by atoms with Crippen molar-refractivity contribution in [3.63, 3.8) is 0 Å². The second-order valence-electron chi connectivity index (χ2n) is 6.32. The maximum absolute atomic E-state index is 12.5. The van der Waals surface area contributed by atoms with Crippen molar-refractivity contribution in [2.75, 3.05) is 19.6 Å². The maximum Gasteiger partial charge on any atom is 0.253 e. The van der Waals surface area contributed by atoms with Crippen molar-refractivity contribution in [1.29, 1.82) is 0 Å². The molecule has 1 atom stereocenters. The summed E-state index contributed by atoms with van der Waals surface area (Å²) in [4.78, 5) is 12.5. The Morgan fingerprint density at radius 2 is 2.21 bits per heavy atom. The third kappa shape index (κ3) is 3.82. The molecule has 3 rings (SSSR count). The normalized spacial score (nSPS) is 16.9. The van der Waals surface area contributed by atoms with Gasteiger partial charge in [-0.25, -0.2) is 0 Å². The number of carbonyl (C=O) groups excluding carboxylic acids is 1. The molecule has 3 heterocycles. The van der Waals surface area contributed by atoms with E-state index in [0.717, 1.165) is 43.2 Å². The zero-order valence-corrected chi connectivity index (χ0v) is 15.2. The number of amides is 1. The Balaban J connectivity index is 0.00000208. The predicted octanol–water partition coefficient (Wildman–Crippen LogP) is 2.54. The number of carbonyl (C=O) groups is 1. The van der Waals surface area contributed by atoms with Crippen LogP contribution in [0.2, 0.25) is 0 Å². The van der Waals surface area contributed by atoms with Gasteiger partial charge in [-0.1, -0.05) is 5.16 Å². The number of nitrogens with one attached hydrogen (secondary N) is 2. The van der Waals surface area contributed by atoms with Crippen LogP contribution in [0.4, 0.5) is 0 Å². The van der Waals surface area contributed by atoms with Gasteiger partial charge in [0.1, 0.15) is 5.76 Å². The van der Waals surface area contributed by atoms with Crippen LogP contribution in [0.25, 0.3) is 5.82 Å². The van der Waals surface area contributed by atoms with Crippen molar-refractivity contribution in [2.24, 2.45) is 5.92 Å². The zero-order chi connectivity index (χ0) is 16.4. The molecule has 1 aliphatic rings. The first kappa shape index (κ1) is 18.5. The van der Waals surface area contributed by atoms with E-state index in [2.05, 4.69) is 15.8 Å². The van der Waals surface area contributed by atoms with Gasteiger partial charge in [-0.05, 0) is 58.7 Å². The Kier molecular flexibility index (Phi) is 6.07. The van der Waals surface area contributed by atoms with Gasteiger partial charge in [0.25, 0.3) is 5.91 Å². The molecule has 1 unspecified atom stereocenters. The van der Waals surface area contributed by atoms with E-state index >= 15 is 0 Å². The van der Waals surface area contributed by atoms with Gasteiger partial charge in [0, 0.05) is 24.0 Å². The molecule has 2 N–H and O–H groups in total. The average Bonchev–Trinajstić information content (AvgIpc) is 3.21. The fourth-order valence-corrected chi connectivity index (χ4v) is 3.25. The maximum atomic E-state index is 12.5. The molecule has 2 aromatic heterocycles. The van der Waals surface area contributed by atoms with Crippen LogP contribution >= 0.6 is 12.4 Å². The highest BCUT2D eigenvalue weighted by Gasteiger charge is 2.19. The van der Waals surface area contributed by atoms with E-state index in [1.807, 2.05) is 37.5 Å². The fourth-order valence-electron chi connectivity index (χ4n) is 3.25. The first-order chi connectivity index (χ1) is 11.1. The van der Waals surface area contributed by atoms with E-state index in [0.29, 0.717) is 17.3 Å². The molecule has 1 saturated heterocycles. The van der Waals surface area contributed by atoms with Crippen LogP contribution in [0.15, 0.2) is 16.7 Å². The second-order valence-corrected chi connectivity index (χ2v) is 6.32. The van der Waals surface area contributed by atoms with Crippen molar-refractivity contribution in [3.8, 4) is 5.82 Å². The number of nitrogens with zero attached hydrogens (tertiary/aromatic N) is 2. The van der Waals surface area contributed by atoms with Crippen LogP contribution < -0.4 is 10.6 Å². The summed E-state index contributed by atoms with van der Waals surface area (Å²) in [7, 11) is 0. The third-order valence-electron chi connectivity index (χ3n) is 4.52. The summed E-state index contributed by atoms with van der Waals surface area (Å²) in [5.41, 5.74) is 2.56. The molecule has 1 aliphatic heterocycles. The highest BCUT2D eigenvalue weighted by atomic mass is 35.5. The first-order valence-electron chi connectivity index (χ1n) is 8.18. The lowest BCUT2D eigenvalue weighted by Gasteiger charge is -2.09. The Morgan fingerprint density at radius 1 is 1.42 bits per heavy atom. The molecule has 0 bridgehead atoms. The summed E-state index contributed by atoms with van der Waals surface area (Å²) >= 11 is 0. The summed E-state index contributed by atoms with van der Waals surface area (Å²) in [6.07, 6.45) is 2.23. The van der Waals surface area contributed by atoms with E-state index in [1.54, 1.807) is 0 Å². The summed E-state index contributed by atoms with van der Waals surface area (Å²) in [5, 5.41) is 10.4. The molecule has 2 aromatic rings. The van der Waals surface area contributed by atoms with Gasteiger partial charge < -0.3 is 15.2 Å². The van der Waals surface area contributed by atoms with Gasteiger partial charge in [-0.2, -0.15) is 0 Å². The van der Waals surface area contributed by atoms with Crippen LogP contribution in [0, 0.1) is 26.7 Å². The minimum atomic E-state index is -0.0180. The highest BCUT2D eigenvalue weighted by Crippen LogP contribution is 2.20. The molecular formula is C17H25ClN4O2. The molecule has 0 aliphatic carbocycles. The van der Waals surface area contributed by atoms with Crippen molar-refractivity contribution < 1.29 is 9.32 Å². The molecule has 24 heavy (non-hydrogen) atoms. The summed E-state index contributed by atoms with van der Waals surface area (Å²) in [6, 6.07) is 3.78. The Hall–Kier alpha value is -1.79. The van der Waals surface area contributed by atoms with Crippen molar-refractivity contribution in [2.45, 2.75) is 33.6 Å². The van der Waals surface area contributed by atoms with Gasteiger partial charge >= 0.3 is 0 Å². The zero-order valence-electron chi connectivity index (χ0n) is 14.4. The second kappa shape index (κ2) is 7.85. The average molecular weight is 353 g/mol. The molecule has 0 aromatic carbocycles. The number of halogens is 1. The van der Waals surface area contributed by atoms with Gasteiger partial charge in [0.2, 0.25) is 0 Å².